The molecule has 0 saturated carbocycles. The second kappa shape index (κ2) is 9.30. The molecule has 1 aliphatic rings. The average molecular weight is 336 g/mol. The second-order valence-corrected chi connectivity index (χ2v) is 5.82. The number of nitrogens with one attached hydrogen (secondary N) is 1. The van der Waals surface area contributed by atoms with Crippen molar-refractivity contribution in [1.82, 2.24) is 15.4 Å². The van der Waals surface area contributed by atoms with E-state index in [9.17, 15) is 4.79 Å². The van der Waals surface area contributed by atoms with Crippen molar-refractivity contribution in [3.8, 4) is 0 Å². The normalized spacial score (nSPS) is 16.3. The molecule has 1 saturated heterocycles. The van der Waals surface area contributed by atoms with Gasteiger partial charge in [0.25, 0.3) is 0 Å². The minimum atomic E-state index is -0.0761. The first-order valence-corrected chi connectivity index (χ1v) is 8.82. The van der Waals surface area contributed by atoms with Gasteiger partial charge >= 0.3 is 5.97 Å². The van der Waals surface area contributed by atoms with Crippen LogP contribution in [0.1, 0.15) is 45.1 Å². The topological polar surface area (TPSA) is 80.0 Å². The molecule has 2 rings (SSSR count). The van der Waals surface area contributed by atoms with Crippen molar-refractivity contribution in [3.63, 3.8) is 0 Å². The highest BCUT2D eigenvalue weighted by Crippen LogP contribution is 2.19. The molecule has 1 aromatic heterocycles. The summed E-state index contributed by atoms with van der Waals surface area (Å²) in [5.41, 5.74) is 0.945. The van der Waals surface area contributed by atoms with E-state index in [1.54, 1.807) is 0 Å². The van der Waals surface area contributed by atoms with Gasteiger partial charge in [0.15, 0.2) is 11.7 Å². The molecule has 1 N–H and O–H groups in total. The first-order chi connectivity index (χ1) is 11.7. The summed E-state index contributed by atoms with van der Waals surface area (Å²) in [5.74, 6) is 1.55. The number of carbonyl (C=O) groups is 1. The van der Waals surface area contributed by atoms with Gasteiger partial charge in [0.05, 0.1) is 18.2 Å². The lowest BCUT2D eigenvalue weighted by Gasteiger charge is -2.33. The molecule has 0 atom stereocenters. The first-order valence-electron chi connectivity index (χ1n) is 8.82. The Balaban J connectivity index is 1.93. The Labute approximate surface area is 143 Å². The van der Waals surface area contributed by atoms with Gasteiger partial charge in [0.1, 0.15) is 6.54 Å². The molecule has 0 spiro atoms. The highest BCUT2D eigenvalue weighted by atomic mass is 16.5. The quantitative estimate of drug-likeness (QED) is 0.486. The molecule has 0 unspecified atom stereocenters. The van der Waals surface area contributed by atoms with Gasteiger partial charge in [-0.2, -0.15) is 0 Å². The molecule has 0 bridgehead atoms. The van der Waals surface area contributed by atoms with Crippen LogP contribution < -0.4 is 5.32 Å². The molecule has 1 fully saturated rings. The summed E-state index contributed by atoms with van der Waals surface area (Å²) in [4.78, 5) is 18.7. The van der Waals surface area contributed by atoms with Crippen LogP contribution in [0.2, 0.25) is 0 Å². The molecular weight excluding hydrogens is 308 g/mol. The number of aromatic nitrogens is 1. The Morgan fingerprint density at radius 2 is 2.17 bits per heavy atom. The SMILES string of the molecule is CCNC(=NCc1cc(CC)no1)N1CCC(C(=O)OCC)CC1. The highest BCUT2D eigenvalue weighted by molar-refractivity contribution is 5.80. The van der Waals surface area contributed by atoms with E-state index in [4.69, 9.17) is 9.26 Å². The van der Waals surface area contributed by atoms with Crippen LogP contribution in [0.5, 0.6) is 0 Å². The molecule has 7 nitrogen and oxygen atoms in total. The zero-order valence-electron chi connectivity index (χ0n) is 14.9. The minimum absolute atomic E-state index is 0.00506. The fourth-order valence-electron chi connectivity index (χ4n) is 2.76. The zero-order chi connectivity index (χ0) is 17.4. The Bertz CT molecular complexity index is 548. The summed E-state index contributed by atoms with van der Waals surface area (Å²) >= 11 is 0. The molecule has 0 aliphatic carbocycles. The molecule has 0 aromatic carbocycles. The molecule has 1 aliphatic heterocycles. The maximum atomic E-state index is 11.8. The molecule has 24 heavy (non-hydrogen) atoms. The summed E-state index contributed by atoms with van der Waals surface area (Å²) in [5, 5.41) is 7.30. The van der Waals surface area contributed by atoms with E-state index in [1.165, 1.54) is 0 Å². The van der Waals surface area contributed by atoms with Crippen LogP contribution in [0.4, 0.5) is 0 Å². The molecule has 2 heterocycles. The largest absolute Gasteiger partial charge is 0.466 e. The van der Waals surface area contributed by atoms with Crippen molar-refractivity contribution in [2.24, 2.45) is 10.9 Å². The van der Waals surface area contributed by atoms with Gasteiger partial charge in [0, 0.05) is 25.7 Å². The molecule has 134 valence electrons. The third kappa shape index (κ3) is 4.97. The summed E-state index contributed by atoms with van der Waals surface area (Å²) in [7, 11) is 0. The minimum Gasteiger partial charge on any atom is -0.466 e. The van der Waals surface area contributed by atoms with Gasteiger partial charge < -0.3 is 19.5 Å². The third-order valence-corrected chi connectivity index (χ3v) is 4.10. The van der Waals surface area contributed by atoms with Gasteiger partial charge in [0.2, 0.25) is 0 Å². The summed E-state index contributed by atoms with van der Waals surface area (Å²) in [6.07, 6.45) is 2.45. The molecule has 0 amide bonds. The molecule has 0 radical (unpaired) electrons. The van der Waals surface area contributed by atoms with Gasteiger partial charge in [-0.25, -0.2) is 4.99 Å². The Morgan fingerprint density at radius 1 is 1.42 bits per heavy atom. The number of carbonyl (C=O) groups excluding carboxylic acids is 1. The molecular formula is C17H28N4O3. The lowest BCUT2D eigenvalue weighted by atomic mass is 9.97. The zero-order valence-corrected chi connectivity index (χ0v) is 14.9. The number of rotatable bonds is 6. The number of hydrogen-bond acceptors (Lipinski definition) is 5. The van der Waals surface area contributed by atoms with E-state index in [2.05, 4.69) is 20.4 Å². The van der Waals surface area contributed by atoms with Crippen LogP contribution in [0.25, 0.3) is 0 Å². The van der Waals surface area contributed by atoms with Crippen LogP contribution in [-0.2, 0) is 22.5 Å². The van der Waals surface area contributed by atoms with Crippen molar-refractivity contribution in [1.29, 1.82) is 0 Å². The monoisotopic (exact) mass is 336 g/mol. The van der Waals surface area contributed by atoms with Gasteiger partial charge in [-0.15, -0.1) is 0 Å². The smallest absolute Gasteiger partial charge is 0.309 e. The fraction of sp³-hybridized carbons (Fsp3) is 0.706. The van der Waals surface area contributed by atoms with Crippen LogP contribution in [0.3, 0.4) is 0 Å². The van der Waals surface area contributed by atoms with Crippen LogP contribution in [-0.4, -0.2) is 48.2 Å². The Morgan fingerprint density at radius 3 is 2.75 bits per heavy atom. The van der Waals surface area contributed by atoms with Crippen molar-refractivity contribution >= 4 is 11.9 Å². The molecule has 1 aromatic rings. The summed E-state index contributed by atoms with van der Waals surface area (Å²) < 4.78 is 10.4. The summed E-state index contributed by atoms with van der Waals surface area (Å²) in [6.45, 7) is 9.24. The van der Waals surface area contributed by atoms with E-state index in [-0.39, 0.29) is 11.9 Å². The lowest BCUT2D eigenvalue weighted by Crippen LogP contribution is -2.46. The number of guanidine groups is 1. The van der Waals surface area contributed by atoms with E-state index < -0.39 is 0 Å². The Kier molecular flexibility index (Phi) is 7.08. The number of piperidine rings is 1. The average Bonchev–Trinajstić information content (AvgIpc) is 3.07. The van der Waals surface area contributed by atoms with Crippen LogP contribution in [0, 0.1) is 5.92 Å². The first kappa shape index (κ1) is 18.3. The number of esters is 1. The van der Waals surface area contributed by atoms with E-state index >= 15 is 0 Å². The summed E-state index contributed by atoms with van der Waals surface area (Å²) in [6, 6.07) is 1.94. The number of ether oxygens (including phenoxy) is 1. The van der Waals surface area contributed by atoms with Crippen molar-refractivity contribution < 1.29 is 14.1 Å². The number of hydrogen-bond donors (Lipinski definition) is 1. The van der Waals surface area contributed by atoms with Gasteiger partial charge in [-0.05, 0) is 33.1 Å². The maximum absolute atomic E-state index is 11.8. The maximum Gasteiger partial charge on any atom is 0.309 e. The van der Waals surface area contributed by atoms with Gasteiger partial charge in [-0.1, -0.05) is 12.1 Å². The van der Waals surface area contributed by atoms with Crippen molar-refractivity contribution in [3.05, 3.63) is 17.5 Å². The predicted octanol–water partition coefficient (Wildman–Crippen LogP) is 1.98. The standard InChI is InChI=1S/C17H28N4O3/c1-4-14-11-15(24-20-14)12-19-17(18-5-2)21-9-7-13(8-10-21)16(22)23-6-3/h11,13H,4-10,12H2,1-3H3,(H,18,19). The van der Waals surface area contributed by atoms with Crippen molar-refractivity contribution in [2.75, 3.05) is 26.2 Å². The lowest BCUT2D eigenvalue weighted by molar-refractivity contribution is -0.149. The number of aryl methyl sites for hydroxylation is 1. The van der Waals surface area contributed by atoms with E-state index in [0.717, 1.165) is 56.3 Å². The number of aliphatic imine (C=N–C) groups is 1. The van der Waals surface area contributed by atoms with Crippen molar-refractivity contribution in [2.45, 2.75) is 46.6 Å². The predicted molar refractivity (Wildman–Crippen MR) is 91.6 cm³/mol. The van der Waals surface area contributed by atoms with Crippen LogP contribution in [0.15, 0.2) is 15.6 Å². The van der Waals surface area contributed by atoms with Gasteiger partial charge in [-0.3, -0.25) is 4.79 Å². The van der Waals surface area contributed by atoms with E-state index in [1.807, 2.05) is 26.8 Å². The van der Waals surface area contributed by atoms with Crippen LogP contribution >= 0.6 is 0 Å². The molecule has 7 heteroatoms. The highest BCUT2D eigenvalue weighted by Gasteiger charge is 2.27. The number of likely N-dealkylation sites (tertiary alicyclic amines) is 1. The second-order valence-electron chi connectivity index (χ2n) is 5.82. The third-order valence-electron chi connectivity index (χ3n) is 4.10. The van der Waals surface area contributed by atoms with E-state index in [0.29, 0.717) is 13.2 Å². The fourth-order valence-corrected chi connectivity index (χ4v) is 2.76. The number of nitrogens with zero attached hydrogens (tertiary/aromatic N) is 3. The Hall–Kier alpha value is -2.05.